The number of rotatable bonds is 6. The first kappa shape index (κ1) is 69.9. The predicted molar refractivity (Wildman–Crippen MR) is 512 cm³/mol. The number of nitrogens with zero attached hydrogens (tertiary/aromatic N) is 2. The molecule has 124 heavy (non-hydrogen) atoms. The minimum atomic E-state index is -0.580. The molecule has 0 amide bonds. The zero-order chi connectivity index (χ0) is 81.8. The minimum absolute atomic E-state index is 0.150. The van der Waals surface area contributed by atoms with Crippen LogP contribution in [0.1, 0.15) is 94.5 Å². The Bertz CT molecular complexity index is 8360. The summed E-state index contributed by atoms with van der Waals surface area (Å²) in [6, 6.07) is 138. The Morgan fingerprint density at radius 2 is 0.605 bits per heavy atom. The van der Waals surface area contributed by atoms with E-state index in [4.69, 9.17) is 18.3 Å². The number of ether oxygens (including phenoxy) is 2. The van der Waals surface area contributed by atoms with Gasteiger partial charge < -0.3 is 28.1 Å². The Morgan fingerprint density at radius 1 is 0.226 bits per heavy atom. The highest BCUT2D eigenvalue weighted by atomic mass is 32.1. The molecule has 28 rings (SSSR count). The van der Waals surface area contributed by atoms with E-state index in [0.29, 0.717) is 0 Å². The van der Waals surface area contributed by atoms with E-state index >= 15 is 0 Å². The highest BCUT2D eigenvalue weighted by molar-refractivity contribution is 7.26. The van der Waals surface area contributed by atoms with Crippen molar-refractivity contribution in [3.05, 3.63) is 443 Å². The molecular formula is C116H74N2O4S2. The first-order chi connectivity index (χ1) is 61.0. The number of anilines is 6. The van der Waals surface area contributed by atoms with Gasteiger partial charge in [-0.1, -0.05) is 282 Å². The average molecular weight is 1620 g/mol. The normalized spacial score (nSPS) is 14.7. The van der Waals surface area contributed by atoms with Crippen molar-refractivity contribution < 1.29 is 18.3 Å². The maximum absolute atomic E-state index is 7.09. The van der Waals surface area contributed by atoms with Crippen molar-refractivity contribution in [3.8, 4) is 67.5 Å². The molecule has 0 bridgehead atoms. The lowest BCUT2D eigenvalue weighted by molar-refractivity contribution is 0.436. The number of thiophene rings is 2. The first-order valence-electron chi connectivity index (χ1n) is 42.8. The maximum Gasteiger partial charge on any atom is 0.137 e. The zero-order valence-electron chi connectivity index (χ0n) is 68.1. The van der Waals surface area contributed by atoms with Crippen LogP contribution in [0.4, 0.5) is 34.1 Å². The highest BCUT2D eigenvalue weighted by Crippen LogP contribution is 2.67. The van der Waals surface area contributed by atoms with E-state index in [0.717, 1.165) is 123 Å². The zero-order valence-corrected chi connectivity index (χ0v) is 69.8. The summed E-state index contributed by atoms with van der Waals surface area (Å²) in [5.41, 5.74) is 33.7. The van der Waals surface area contributed by atoms with E-state index in [1.807, 2.05) is 22.7 Å². The molecule has 0 unspecified atom stereocenters. The highest BCUT2D eigenvalue weighted by Gasteiger charge is 2.54. The number of hydrogen-bond donors (Lipinski definition) is 0. The van der Waals surface area contributed by atoms with Crippen LogP contribution in [0.15, 0.2) is 385 Å². The summed E-state index contributed by atoms with van der Waals surface area (Å²) in [5.74, 6) is 3.53. The van der Waals surface area contributed by atoms with Gasteiger partial charge in [0.15, 0.2) is 0 Å². The minimum Gasteiger partial charge on any atom is -0.457 e. The van der Waals surface area contributed by atoms with Crippen LogP contribution in [0.3, 0.4) is 0 Å². The lowest BCUT2D eigenvalue weighted by atomic mass is 9.66. The molecule has 2 spiro atoms. The van der Waals surface area contributed by atoms with Crippen LogP contribution in [-0.2, 0) is 21.7 Å². The standard InChI is InChI=1S/2C58H37NO2S/c1-57(2)41-18-6-4-17-38(41)55-45(57)22-13-23-47(55)59(34-29-30-37-36-16-5-12-28-53(36)62-54(37)31-34)48-24-14-27-51-56(48)40-32-39-35-15-3-7-19-42(35)58(46(39)33-52(40)61-51)43-20-8-10-25-49(43)60-50-26-11-9-21-44(50)58;1-57(2)42-19-6-3-15-35(42)37-30-29-34(31-46(37)57)59(49-24-13-18-39-38-17-5-12-28-54(38)62-56(39)49)48-23-14-27-52-55(48)41-32-40-36-16-4-7-20-43(36)58(47(40)33-53(41)61-52)44-21-8-10-25-50(44)60-51-26-11-9-22-45(51)58/h2*3-33H,1-2H3. The van der Waals surface area contributed by atoms with Gasteiger partial charge in [0, 0.05) is 96.4 Å². The van der Waals surface area contributed by atoms with Crippen LogP contribution in [0.25, 0.3) is 129 Å². The summed E-state index contributed by atoms with van der Waals surface area (Å²) in [4.78, 5) is 5.01. The van der Waals surface area contributed by atoms with Gasteiger partial charge in [-0.15, -0.1) is 22.7 Å². The molecule has 4 aromatic heterocycles. The Kier molecular flexibility index (Phi) is 14.3. The van der Waals surface area contributed by atoms with Crippen LogP contribution >= 0.6 is 22.7 Å². The van der Waals surface area contributed by atoms with E-state index in [1.54, 1.807) is 0 Å². The Hall–Kier alpha value is -14.8. The van der Waals surface area contributed by atoms with Crippen molar-refractivity contribution >= 4 is 141 Å². The molecule has 6 nitrogen and oxygen atoms in total. The molecule has 8 heteroatoms. The number of hydrogen-bond acceptors (Lipinski definition) is 8. The molecule has 0 saturated heterocycles. The van der Waals surface area contributed by atoms with Gasteiger partial charge >= 0.3 is 0 Å². The molecule has 0 saturated carbocycles. The molecule has 0 radical (unpaired) electrons. The van der Waals surface area contributed by atoms with E-state index < -0.39 is 10.8 Å². The maximum atomic E-state index is 7.09. The number of fused-ring (bicyclic) bond motifs is 36. The summed E-state index contributed by atoms with van der Waals surface area (Å²) in [7, 11) is 0. The van der Waals surface area contributed by atoms with Crippen molar-refractivity contribution in [1.29, 1.82) is 0 Å². The molecule has 0 fully saturated rings. The average Bonchev–Trinajstić information content (AvgIpc) is 1.51. The first-order valence-corrected chi connectivity index (χ1v) is 44.5. The van der Waals surface area contributed by atoms with Gasteiger partial charge in [-0.3, -0.25) is 0 Å². The number of furan rings is 2. The van der Waals surface area contributed by atoms with Crippen LogP contribution < -0.4 is 19.3 Å². The number of benzene rings is 18. The molecule has 0 atom stereocenters. The molecule has 2 aliphatic heterocycles. The van der Waals surface area contributed by atoms with Gasteiger partial charge in [-0.2, -0.15) is 0 Å². The predicted octanol–water partition coefficient (Wildman–Crippen LogP) is 32.4. The van der Waals surface area contributed by atoms with E-state index in [1.165, 1.54) is 129 Å². The molecule has 6 heterocycles. The summed E-state index contributed by atoms with van der Waals surface area (Å²) in [5, 5.41) is 9.51. The fourth-order valence-electron chi connectivity index (χ4n) is 23.0. The Morgan fingerprint density at radius 3 is 1.17 bits per heavy atom. The van der Waals surface area contributed by atoms with E-state index in [9.17, 15) is 0 Å². The molecular weight excluding hydrogens is 1550 g/mol. The van der Waals surface area contributed by atoms with Gasteiger partial charge in [-0.25, -0.2) is 0 Å². The van der Waals surface area contributed by atoms with Crippen LogP contribution in [0.5, 0.6) is 23.0 Å². The van der Waals surface area contributed by atoms with Gasteiger partial charge in [0.1, 0.15) is 45.3 Å². The second-order valence-electron chi connectivity index (χ2n) is 35.0. The van der Waals surface area contributed by atoms with Gasteiger partial charge in [0.05, 0.1) is 49.1 Å². The van der Waals surface area contributed by atoms with E-state index in [2.05, 4.69) is 414 Å². The molecule has 6 aliphatic rings. The molecule has 584 valence electrons. The lowest BCUT2D eigenvalue weighted by Crippen LogP contribution is -2.32. The van der Waals surface area contributed by atoms with Crippen LogP contribution in [-0.4, -0.2) is 0 Å². The van der Waals surface area contributed by atoms with Crippen molar-refractivity contribution in [3.63, 3.8) is 0 Å². The monoisotopic (exact) mass is 1620 g/mol. The summed E-state index contributed by atoms with van der Waals surface area (Å²) >= 11 is 3.73. The third-order valence-corrected chi connectivity index (χ3v) is 30.6. The topological polar surface area (TPSA) is 51.2 Å². The summed E-state index contributed by atoms with van der Waals surface area (Å²) in [6.07, 6.45) is 0. The largest absolute Gasteiger partial charge is 0.457 e. The van der Waals surface area contributed by atoms with Crippen molar-refractivity contribution in [1.82, 2.24) is 0 Å². The van der Waals surface area contributed by atoms with Crippen LogP contribution in [0.2, 0.25) is 0 Å². The SMILES string of the molecule is CC1(C)c2ccccc2-c2c(N(c3ccc4c(c3)sc3ccccc34)c3cccc4oc5cc6c(cc5c34)-c3ccccc3C63c4ccccc4Oc4ccccc43)cccc21.CC1(C)c2ccccc2-c2ccc(N(c3cccc4c3sc3ccccc34)c3cccc4oc5cc6c(cc5c34)-c3ccccc3C63c4ccccc4Oc4ccccc43)cc21. The fraction of sp³-hybridized carbons (Fsp3) is 0.0690. The fourth-order valence-corrected chi connectivity index (χ4v) is 25.4. The molecule has 0 N–H and O–H groups in total. The van der Waals surface area contributed by atoms with Crippen molar-refractivity contribution in [2.24, 2.45) is 0 Å². The third kappa shape index (κ3) is 9.27. The quantitative estimate of drug-likeness (QED) is 0.165. The summed E-state index contributed by atoms with van der Waals surface area (Å²) < 4.78 is 32.5. The van der Waals surface area contributed by atoms with Gasteiger partial charge in [0.2, 0.25) is 0 Å². The van der Waals surface area contributed by atoms with Crippen molar-refractivity contribution in [2.75, 3.05) is 9.80 Å². The Labute approximate surface area is 723 Å². The van der Waals surface area contributed by atoms with Gasteiger partial charge in [0.25, 0.3) is 0 Å². The molecule has 18 aromatic carbocycles. The second-order valence-corrected chi connectivity index (χ2v) is 37.2. The third-order valence-electron chi connectivity index (χ3n) is 28.3. The Balaban J connectivity index is 0.000000130. The molecule has 22 aromatic rings. The van der Waals surface area contributed by atoms with Crippen LogP contribution in [0, 0.1) is 0 Å². The van der Waals surface area contributed by atoms with E-state index in [-0.39, 0.29) is 10.8 Å². The molecule has 4 aliphatic carbocycles. The van der Waals surface area contributed by atoms with Crippen molar-refractivity contribution in [2.45, 2.75) is 49.4 Å². The second kappa shape index (κ2) is 25.4. The lowest BCUT2D eigenvalue weighted by Gasteiger charge is -2.39. The van der Waals surface area contributed by atoms with Gasteiger partial charge in [-0.05, 0) is 205 Å². The number of para-hydroxylation sites is 4. The smallest absolute Gasteiger partial charge is 0.137 e. The summed E-state index contributed by atoms with van der Waals surface area (Å²) in [6.45, 7) is 9.45.